The Morgan fingerprint density at radius 1 is 0.833 bits per heavy atom. The third kappa shape index (κ3) is 1.98. The van der Waals surface area contributed by atoms with Gasteiger partial charge in [-0.1, -0.05) is 30.3 Å². The van der Waals surface area contributed by atoms with Gasteiger partial charge in [0, 0.05) is 23.5 Å². The van der Waals surface area contributed by atoms with Gasteiger partial charge in [-0.2, -0.15) is 0 Å². The van der Waals surface area contributed by atoms with Crippen LogP contribution in [0.25, 0.3) is 22.5 Å². The van der Waals surface area contributed by atoms with Crippen molar-refractivity contribution in [1.29, 1.82) is 0 Å². The van der Waals surface area contributed by atoms with Crippen LogP contribution in [0.2, 0.25) is 0 Å². The van der Waals surface area contributed by atoms with Crippen molar-refractivity contribution >= 4 is 12.2 Å². The summed E-state index contributed by atoms with van der Waals surface area (Å²) in [5.74, 6) is 0. The van der Waals surface area contributed by atoms with E-state index in [0.29, 0.717) is 4.77 Å². The van der Waals surface area contributed by atoms with Crippen LogP contribution < -0.4 is 0 Å². The number of pyridine rings is 1. The minimum absolute atomic E-state index is 0.618. The van der Waals surface area contributed by atoms with Crippen LogP contribution in [0.4, 0.5) is 0 Å². The molecule has 0 saturated heterocycles. The predicted molar refractivity (Wildman–Crippen MR) is 74.6 cm³/mol. The number of H-pyrrole nitrogens is 2. The van der Waals surface area contributed by atoms with Crippen LogP contribution in [0.5, 0.6) is 0 Å². The van der Waals surface area contributed by atoms with Gasteiger partial charge in [0.25, 0.3) is 0 Å². The predicted octanol–water partition coefficient (Wildman–Crippen LogP) is 3.80. The van der Waals surface area contributed by atoms with Gasteiger partial charge >= 0.3 is 0 Å². The molecule has 88 valence electrons. The molecule has 0 aliphatic rings. The highest BCUT2D eigenvalue weighted by Gasteiger charge is 2.09. The minimum Gasteiger partial charge on any atom is -0.330 e. The Bertz CT molecular complexity index is 639. The van der Waals surface area contributed by atoms with E-state index in [9.17, 15) is 0 Å². The van der Waals surface area contributed by atoms with Crippen LogP contribution in [-0.4, -0.2) is 15.0 Å². The molecule has 0 atom stereocenters. The summed E-state index contributed by atoms with van der Waals surface area (Å²) in [6, 6.07) is 14.0. The smallest absolute Gasteiger partial charge is 0.175 e. The van der Waals surface area contributed by atoms with Gasteiger partial charge in [0.1, 0.15) is 0 Å². The molecule has 0 bridgehead atoms. The number of aromatic nitrogens is 3. The lowest BCUT2D eigenvalue weighted by Gasteiger charge is -2.02. The van der Waals surface area contributed by atoms with E-state index < -0.39 is 0 Å². The molecule has 0 fully saturated rings. The summed E-state index contributed by atoms with van der Waals surface area (Å²) in [6.07, 6.45) is 3.58. The number of imidazole rings is 1. The lowest BCUT2D eigenvalue weighted by atomic mass is 10.1. The monoisotopic (exact) mass is 253 g/mol. The molecule has 4 heteroatoms. The van der Waals surface area contributed by atoms with E-state index in [4.69, 9.17) is 12.2 Å². The first kappa shape index (κ1) is 10.9. The van der Waals surface area contributed by atoms with Crippen LogP contribution >= 0.6 is 12.2 Å². The number of nitrogens with zero attached hydrogens (tertiary/aromatic N) is 1. The normalized spacial score (nSPS) is 10.4. The second-order valence-electron chi connectivity index (χ2n) is 3.94. The molecule has 0 aliphatic heterocycles. The lowest BCUT2D eigenvalue weighted by molar-refractivity contribution is 1.26. The maximum atomic E-state index is 5.19. The Balaban J connectivity index is 2.21. The van der Waals surface area contributed by atoms with Crippen molar-refractivity contribution in [1.82, 2.24) is 15.0 Å². The Labute approximate surface area is 110 Å². The Morgan fingerprint density at radius 2 is 1.50 bits per heavy atom. The van der Waals surface area contributed by atoms with Crippen LogP contribution in [0, 0.1) is 4.77 Å². The minimum atomic E-state index is 0.618. The molecule has 2 N–H and O–H groups in total. The molecular weight excluding hydrogens is 242 g/mol. The molecule has 3 nitrogen and oxygen atoms in total. The Kier molecular flexibility index (Phi) is 2.78. The summed E-state index contributed by atoms with van der Waals surface area (Å²) in [5, 5.41) is 0. The fourth-order valence-electron chi connectivity index (χ4n) is 1.93. The van der Waals surface area contributed by atoms with Crippen molar-refractivity contribution in [2.75, 3.05) is 0 Å². The molecule has 0 saturated carbocycles. The molecule has 0 unspecified atom stereocenters. The van der Waals surface area contributed by atoms with Gasteiger partial charge in [-0.25, -0.2) is 0 Å². The van der Waals surface area contributed by atoms with E-state index >= 15 is 0 Å². The van der Waals surface area contributed by atoms with Gasteiger partial charge in [-0.05, 0) is 24.4 Å². The van der Waals surface area contributed by atoms with Crippen molar-refractivity contribution in [3.63, 3.8) is 0 Å². The van der Waals surface area contributed by atoms with Crippen molar-refractivity contribution in [3.8, 4) is 22.5 Å². The maximum absolute atomic E-state index is 5.19. The molecule has 0 aliphatic carbocycles. The van der Waals surface area contributed by atoms with Crippen molar-refractivity contribution in [3.05, 3.63) is 59.6 Å². The standard InChI is InChI=1S/C14H11N3S/c18-14-16-12(10-5-2-1-3-6-10)13(17-14)11-7-4-8-15-9-11/h1-9H,(H2,16,17,18). The van der Waals surface area contributed by atoms with E-state index in [1.165, 1.54) is 0 Å². The quantitative estimate of drug-likeness (QED) is 0.682. The van der Waals surface area contributed by atoms with Crippen LogP contribution in [0.1, 0.15) is 0 Å². The van der Waals surface area contributed by atoms with Gasteiger partial charge in [0.05, 0.1) is 11.4 Å². The lowest BCUT2D eigenvalue weighted by Crippen LogP contribution is -1.84. The van der Waals surface area contributed by atoms with Crippen molar-refractivity contribution < 1.29 is 0 Å². The average molecular weight is 253 g/mol. The molecule has 2 aromatic heterocycles. The van der Waals surface area contributed by atoms with Crippen LogP contribution in [0.15, 0.2) is 54.9 Å². The topological polar surface area (TPSA) is 44.5 Å². The zero-order chi connectivity index (χ0) is 12.4. The fraction of sp³-hybridized carbons (Fsp3) is 0. The van der Waals surface area contributed by atoms with E-state index in [1.807, 2.05) is 48.7 Å². The molecule has 3 rings (SSSR count). The van der Waals surface area contributed by atoms with Crippen molar-refractivity contribution in [2.24, 2.45) is 0 Å². The van der Waals surface area contributed by atoms with Crippen LogP contribution in [0.3, 0.4) is 0 Å². The molecule has 3 aromatic rings. The molecule has 0 radical (unpaired) electrons. The number of hydrogen-bond donors (Lipinski definition) is 2. The van der Waals surface area contributed by atoms with Gasteiger partial charge in [0.2, 0.25) is 0 Å². The maximum Gasteiger partial charge on any atom is 0.175 e. The third-order valence-electron chi connectivity index (χ3n) is 2.74. The molecular formula is C14H11N3S. The number of benzene rings is 1. The zero-order valence-corrected chi connectivity index (χ0v) is 10.4. The first-order valence-electron chi connectivity index (χ1n) is 5.63. The number of rotatable bonds is 2. The van der Waals surface area contributed by atoms with E-state index in [-0.39, 0.29) is 0 Å². The highest BCUT2D eigenvalue weighted by atomic mass is 32.1. The number of nitrogens with one attached hydrogen (secondary N) is 2. The summed E-state index contributed by atoms with van der Waals surface area (Å²) in [5.41, 5.74) is 4.08. The largest absolute Gasteiger partial charge is 0.330 e. The highest BCUT2D eigenvalue weighted by molar-refractivity contribution is 7.71. The van der Waals surface area contributed by atoms with Crippen LogP contribution in [-0.2, 0) is 0 Å². The van der Waals surface area contributed by atoms with Gasteiger partial charge in [-0.3, -0.25) is 4.98 Å². The van der Waals surface area contributed by atoms with E-state index in [2.05, 4.69) is 15.0 Å². The zero-order valence-electron chi connectivity index (χ0n) is 9.55. The van der Waals surface area contributed by atoms with E-state index in [0.717, 1.165) is 22.5 Å². The summed E-state index contributed by atoms with van der Waals surface area (Å²) in [7, 11) is 0. The summed E-state index contributed by atoms with van der Waals surface area (Å²) >= 11 is 5.19. The highest BCUT2D eigenvalue weighted by Crippen LogP contribution is 2.28. The second kappa shape index (κ2) is 4.58. The Morgan fingerprint density at radius 3 is 2.17 bits per heavy atom. The summed E-state index contributed by atoms with van der Waals surface area (Å²) in [6.45, 7) is 0. The van der Waals surface area contributed by atoms with Gasteiger partial charge in [0.15, 0.2) is 4.77 Å². The molecule has 18 heavy (non-hydrogen) atoms. The van der Waals surface area contributed by atoms with E-state index in [1.54, 1.807) is 6.20 Å². The molecule has 0 spiro atoms. The number of aromatic amines is 2. The SMILES string of the molecule is S=c1[nH]c(-c2ccccc2)c(-c2cccnc2)[nH]1. The average Bonchev–Trinajstić information content (AvgIpc) is 2.83. The van der Waals surface area contributed by atoms with Crippen molar-refractivity contribution in [2.45, 2.75) is 0 Å². The van der Waals surface area contributed by atoms with Gasteiger partial charge in [-0.15, -0.1) is 0 Å². The summed E-state index contributed by atoms with van der Waals surface area (Å²) in [4.78, 5) is 10.5. The van der Waals surface area contributed by atoms with Gasteiger partial charge < -0.3 is 9.97 Å². The molecule has 1 aromatic carbocycles. The number of hydrogen-bond acceptors (Lipinski definition) is 2. The second-order valence-corrected chi connectivity index (χ2v) is 4.35. The molecule has 0 amide bonds. The molecule has 2 heterocycles. The first-order valence-corrected chi connectivity index (χ1v) is 6.03. The third-order valence-corrected chi connectivity index (χ3v) is 2.94. The fourth-order valence-corrected chi connectivity index (χ4v) is 2.14. The first-order chi connectivity index (χ1) is 8.84. The Hall–Kier alpha value is -2.20. The summed E-state index contributed by atoms with van der Waals surface area (Å²) < 4.78 is 0.618.